The Balaban J connectivity index is 2.47. The van der Waals surface area contributed by atoms with Crippen molar-refractivity contribution in [3.8, 4) is 0 Å². The van der Waals surface area contributed by atoms with Gasteiger partial charge in [-0.2, -0.15) is 0 Å². The summed E-state index contributed by atoms with van der Waals surface area (Å²) in [4.78, 5) is 0.203. The highest BCUT2D eigenvalue weighted by Crippen LogP contribution is 2.36. The first-order valence-electron chi connectivity index (χ1n) is 6.27. The highest BCUT2D eigenvalue weighted by molar-refractivity contribution is 9.10. The molecule has 0 saturated carbocycles. The lowest BCUT2D eigenvalue weighted by Gasteiger charge is -2.15. The van der Waals surface area contributed by atoms with Crippen molar-refractivity contribution in [2.45, 2.75) is 25.7 Å². The molecule has 0 aliphatic rings. The molecule has 3 nitrogen and oxygen atoms in total. The molecular weight excluding hydrogens is 374 g/mol. The van der Waals surface area contributed by atoms with Crippen LogP contribution in [0, 0.1) is 20.8 Å². The van der Waals surface area contributed by atoms with E-state index in [0.717, 1.165) is 16.7 Å². The monoisotopic (exact) mass is 387 g/mol. The van der Waals surface area contributed by atoms with Crippen LogP contribution >= 0.6 is 27.5 Å². The van der Waals surface area contributed by atoms with Gasteiger partial charge in [-0.25, -0.2) is 8.42 Å². The van der Waals surface area contributed by atoms with Crippen LogP contribution in [0.5, 0.6) is 0 Å². The van der Waals surface area contributed by atoms with Crippen LogP contribution in [-0.4, -0.2) is 8.42 Å². The Morgan fingerprint density at radius 3 is 2.24 bits per heavy atom. The zero-order valence-electron chi connectivity index (χ0n) is 11.9. The fourth-order valence-electron chi connectivity index (χ4n) is 1.84. The van der Waals surface area contributed by atoms with E-state index in [2.05, 4.69) is 20.7 Å². The maximum Gasteiger partial charge on any atom is 0.261 e. The van der Waals surface area contributed by atoms with E-state index in [1.165, 1.54) is 0 Å². The fourth-order valence-corrected chi connectivity index (χ4v) is 4.17. The van der Waals surface area contributed by atoms with Crippen LogP contribution < -0.4 is 4.72 Å². The summed E-state index contributed by atoms with van der Waals surface area (Å²) in [6, 6.07) is 8.40. The quantitative estimate of drug-likeness (QED) is 0.818. The largest absolute Gasteiger partial charge is 0.277 e. The third-order valence-corrected chi connectivity index (χ3v) is 5.94. The van der Waals surface area contributed by atoms with E-state index in [1.54, 1.807) is 30.3 Å². The number of benzene rings is 2. The fraction of sp³-hybridized carbons (Fsp3) is 0.200. The number of rotatable bonds is 3. The molecular formula is C15H15BrClNO2S. The lowest BCUT2D eigenvalue weighted by atomic mass is 10.1. The number of aryl methyl sites for hydroxylation is 2. The summed E-state index contributed by atoms with van der Waals surface area (Å²) in [5.74, 6) is 0. The number of anilines is 1. The van der Waals surface area contributed by atoms with Gasteiger partial charge < -0.3 is 0 Å². The van der Waals surface area contributed by atoms with E-state index in [4.69, 9.17) is 11.6 Å². The third-order valence-electron chi connectivity index (χ3n) is 3.29. The van der Waals surface area contributed by atoms with Gasteiger partial charge in [-0.15, -0.1) is 0 Å². The number of sulfonamides is 1. The molecule has 0 aliphatic heterocycles. The molecule has 21 heavy (non-hydrogen) atoms. The molecule has 2 aromatic carbocycles. The van der Waals surface area contributed by atoms with Gasteiger partial charge in [0, 0.05) is 4.47 Å². The van der Waals surface area contributed by atoms with Crippen LogP contribution in [0.15, 0.2) is 39.7 Å². The van der Waals surface area contributed by atoms with Gasteiger partial charge in [-0.1, -0.05) is 29.3 Å². The first kappa shape index (κ1) is 16.3. The normalized spacial score (nSPS) is 11.5. The summed E-state index contributed by atoms with van der Waals surface area (Å²) in [6.45, 7) is 5.73. The molecule has 112 valence electrons. The molecule has 0 fully saturated rings. The van der Waals surface area contributed by atoms with Crippen molar-refractivity contribution in [1.29, 1.82) is 0 Å². The molecule has 0 bridgehead atoms. The predicted octanol–water partition coefficient (Wildman–Crippen LogP) is 4.83. The molecule has 6 heteroatoms. The minimum absolute atomic E-state index is 0.203. The van der Waals surface area contributed by atoms with Crippen LogP contribution in [0.2, 0.25) is 5.02 Å². The molecule has 0 unspecified atom stereocenters. The SMILES string of the molecule is Cc1ccc(S(=O)(=O)Nc2c(Cl)cc(C)c(C)c2Br)cc1. The van der Waals surface area contributed by atoms with Gasteiger partial charge >= 0.3 is 0 Å². The van der Waals surface area contributed by atoms with Crippen molar-refractivity contribution < 1.29 is 8.42 Å². The first-order valence-corrected chi connectivity index (χ1v) is 8.92. The highest BCUT2D eigenvalue weighted by Gasteiger charge is 2.19. The standard InChI is InChI=1S/C15H15BrClNO2S/c1-9-4-6-12(7-5-9)21(19,20)18-15-13(17)8-10(2)11(3)14(15)16/h4-8,18H,1-3H3. The molecule has 0 atom stereocenters. The van der Waals surface area contributed by atoms with E-state index in [1.807, 2.05) is 20.8 Å². The molecule has 0 heterocycles. The molecule has 0 aliphatic carbocycles. The van der Waals surface area contributed by atoms with E-state index in [9.17, 15) is 8.42 Å². The van der Waals surface area contributed by atoms with Crippen LogP contribution in [-0.2, 0) is 10.0 Å². The summed E-state index contributed by atoms with van der Waals surface area (Å²) in [7, 11) is -3.67. The summed E-state index contributed by atoms with van der Waals surface area (Å²) in [5, 5.41) is 0.362. The molecule has 2 aromatic rings. The van der Waals surface area contributed by atoms with Gasteiger partial charge in [0.05, 0.1) is 15.6 Å². The zero-order valence-corrected chi connectivity index (χ0v) is 15.0. The summed E-state index contributed by atoms with van der Waals surface area (Å²) >= 11 is 9.58. The van der Waals surface area contributed by atoms with Crippen LogP contribution in [0.25, 0.3) is 0 Å². The van der Waals surface area contributed by atoms with Crippen molar-refractivity contribution in [3.63, 3.8) is 0 Å². The Morgan fingerprint density at radius 2 is 1.67 bits per heavy atom. The van der Waals surface area contributed by atoms with Gasteiger partial charge in [0.2, 0.25) is 0 Å². The average Bonchev–Trinajstić information content (AvgIpc) is 2.42. The Kier molecular flexibility index (Phi) is 4.66. The summed E-state index contributed by atoms with van der Waals surface area (Å²) in [5.41, 5.74) is 3.30. The smallest absolute Gasteiger partial charge is 0.261 e. The van der Waals surface area contributed by atoms with E-state index in [-0.39, 0.29) is 4.90 Å². The van der Waals surface area contributed by atoms with Crippen molar-refractivity contribution in [3.05, 3.63) is 56.5 Å². The molecule has 2 rings (SSSR count). The van der Waals surface area contributed by atoms with Gasteiger partial charge in [0.25, 0.3) is 10.0 Å². The zero-order chi connectivity index (χ0) is 15.8. The van der Waals surface area contributed by atoms with Gasteiger partial charge in [0.15, 0.2) is 0 Å². The Bertz CT molecular complexity index is 786. The second-order valence-corrected chi connectivity index (χ2v) is 7.79. The van der Waals surface area contributed by atoms with Crippen molar-refractivity contribution >= 4 is 43.2 Å². The second kappa shape index (κ2) is 5.99. The Hall–Kier alpha value is -1.04. The van der Waals surface area contributed by atoms with Crippen molar-refractivity contribution in [1.82, 2.24) is 0 Å². The minimum atomic E-state index is -3.67. The highest BCUT2D eigenvalue weighted by atomic mass is 79.9. The molecule has 1 N–H and O–H groups in total. The second-order valence-electron chi connectivity index (χ2n) is 4.91. The summed E-state index contributed by atoms with van der Waals surface area (Å²) in [6.07, 6.45) is 0. The van der Waals surface area contributed by atoms with Gasteiger partial charge in [-0.05, 0) is 66.0 Å². The van der Waals surface area contributed by atoms with Crippen LogP contribution in [0.3, 0.4) is 0 Å². The number of nitrogens with one attached hydrogen (secondary N) is 1. The molecule has 0 aromatic heterocycles. The lowest BCUT2D eigenvalue weighted by molar-refractivity contribution is 0.601. The Morgan fingerprint density at radius 1 is 1.10 bits per heavy atom. The van der Waals surface area contributed by atoms with Crippen molar-refractivity contribution in [2.24, 2.45) is 0 Å². The average molecular weight is 389 g/mol. The van der Waals surface area contributed by atoms with Crippen LogP contribution in [0.1, 0.15) is 16.7 Å². The predicted molar refractivity (Wildman–Crippen MR) is 90.6 cm³/mol. The summed E-state index contributed by atoms with van der Waals surface area (Å²) < 4.78 is 28.1. The first-order chi connectivity index (χ1) is 9.72. The minimum Gasteiger partial charge on any atom is -0.277 e. The maximum atomic E-state index is 12.4. The topological polar surface area (TPSA) is 46.2 Å². The number of halogens is 2. The lowest BCUT2D eigenvalue weighted by Crippen LogP contribution is -2.14. The van der Waals surface area contributed by atoms with E-state index >= 15 is 0 Å². The van der Waals surface area contributed by atoms with E-state index in [0.29, 0.717) is 15.2 Å². The van der Waals surface area contributed by atoms with E-state index < -0.39 is 10.0 Å². The van der Waals surface area contributed by atoms with Gasteiger partial charge in [0.1, 0.15) is 0 Å². The van der Waals surface area contributed by atoms with Gasteiger partial charge in [-0.3, -0.25) is 4.72 Å². The third kappa shape index (κ3) is 3.42. The number of hydrogen-bond donors (Lipinski definition) is 1. The Labute approximate surface area is 138 Å². The molecule has 0 spiro atoms. The molecule has 0 amide bonds. The maximum absolute atomic E-state index is 12.4. The van der Waals surface area contributed by atoms with Crippen molar-refractivity contribution in [2.75, 3.05) is 4.72 Å². The number of hydrogen-bond acceptors (Lipinski definition) is 2. The molecule has 0 saturated heterocycles. The molecule has 0 radical (unpaired) electrons. The van der Waals surface area contributed by atoms with Crippen LogP contribution in [0.4, 0.5) is 5.69 Å².